The molecule has 2 N–H and O–H groups in total. The zero-order valence-corrected chi connectivity index (χ0v) is 13.3. The third-order valence-electron chi connectivity index (χ3n) is 4.06. The maximum atomic E-state index is 6.25. The van der Waals surface area contributed by atoms with Gasteiger partial charge in [0.25, 0.3) is 0 Å². The Kier molecular flexibility index (Phi) is 3.92. The molecule has 0 spiro atoms. The average Bonchev–Trinajstić information content (AvgIpc) is 2.76. The lowest BCUT2D eigenvalue weighted by molar-refractivity contribution is 0.722. The van der Waals surface area contributed by atoms with Gasteiger partial charge in [0, 0.05) is 28.5 Å². The second-order valence-electron chi connectivity index (χ2n) is 6.01. The van der Waals surface area contributed by atoms with Gasteiger partial charge < -0.3 is 10.6 Å². The fourth-order valence-corrected chi connectivity index (χ4v) is 3.38. The molecule has 110 valence electrons. The highest BCUT2D eigenvalue weighted by atomic mass is 35.5. The third-order valence-corrected chi connectivity index (χ3v) is 4.29. The van der Waals surface area contributed by atoms with Crippen LogP contribution in [0, 0.1) is 0 Å². The summed E-state index contributed by atoms with van der Waals surface area (Å²) in [6.45, 7) is 4.30. The van der Waals surface area contributed by atoms with Crippen LogP contribution in [0.15, 0.2) is 42.5 Å². The SMILES string of the molecule is CC(N)Cc1ccc(Cl)cc1N1c2ccccc2CC1C. The highest BCUT2D eigenvalue weighted by Crippen LogP contribution is 2.40. The van der Waals surface area contributed by atoms with Crippen molar-refractivity contribution in [3.63, 3.8) is 0 Å². The number of fused-ring (bicyclic) bond motifs is 1. The Bertz CT molecular complexity index is 651. The Hall–Kier alpha value is -1.51. The molecular formula is C18H21ClN2. The Morgan fingerprint density at radius 3 is 2.76 bits per heavy atom. The van der Waals surface area contributed by atoms with Crippen LogP contribution < -0.4 is 10.6 Å². The molecule has 3 rings (SSSR count). The lowest BCUT2D eigenvalue weighted by Gasteiger charge is -2.28. The first-order chi connectivity index (χ1) is 10.1. The quantitative estimate of drug-likeness (QED) is 0.915. The van der Waals surface area contributed by atoms with Crippen molar-refractivity contribution in [2.75, 3.05) is 4.90 Å². The van der Waals surface area contributed by atoms with E-state index in [0.29, 0.717) is 6.04 Å². The molecule has 2 aromatic carbocycles. The molecule has 0 aromatic heterocycles. The number of hydrogen-bond donors (Lipinski definition) is 1. The number of rotatable bonds is 3. The van der Waals surface area contributed by atoms with E-state index in [0.717, 1.165) is 17.9 Å². The standard InChI is InChI=1S/C18H21ClN2/c1-12(20)9-15-7-8-16(19)11-18(15)21-13(2)10-14-5-3-4-6-17(14)21/h3-8,11-13H,9-10,20H2,1-2H3. The number of nitrogens with two attached hydrogens (primary N) is 1. The van der Waals surface area contributed by atoms with Gasteiger partial charge in [-0.2, -0.15) is 0 Å². The number of hydrogen-bond acceptors (Lipinski definition) is 2. The molecule has 2 aromatic rings. The summed E-state index contributed by atoms with van der Waals surface area (Å²) in [5.41, 5.74) is 11.2. The molecule has 2 unspecified atom stereocenters. The van der Waals surface area contributed by atoms with Crippen molar-refractivity contribution >= 4 is 23.0 Å². The lowest BCUT2D eigenvalue weighted by atomic mass is 10.0. The second kappa shape index (κ2) is 5.70. The van der Waals surface area contributed by atoms with Crippen LogP contribution in [0.2, 0.25) is 5.02 Å². The molecule has 0 bridgehead atoms. The minimum Gasteiger partial charge on any atom is -0.338 e. The molecule has 0 amide bonds. The smallest absolute Gasteiger partial charge is 0.0461 e. The molecule has 1 aliphatic rings. The zero-order chi connectivity index (χ0) is 15.0. The predicted molar refractivity (Wildman–Crippen MR) is 90.6 cm³/mol. The number of nitrogens with zero attached hydrogens (tertiary/aromatic N) is 1. The van der Waals surface area contributed by atoms with E-state index in [9.17, 15) is 0 Å². The summed E-state index contributed by atoms with van der Waals surface area (Å²) >= 11 is 6.25. The van der Waals surface area contributed by atoms with Crippen molar-refractivity contribution in [3.8, 4) is 0 Å². The van der Waals surface area contributed by atoms with E-state index in [1.165, 1.54) is 22.5 Å². The Morgan fingerprint density at radius 1 is 1.24 bits per heavy atom. The molecule has 2 atom stereocenters. The fourth-order valence-electron chi connectivity index (χ4n) is 3.21. The van der Waals surface area contributed by atoms with Crippen molar-refractivity contribution in [3.05, 3.63) is 58.6 Å². The summed E-state index contributed by atoms with van der Waals surface area (Å²) in [4.78, 5) is 2.40. The summed E-state index contributed by atoms with van der Waals surface area (Å²) in [5.74, 6) is 0. The highest BCUT2D eigenvalue weighted by Gasteiger charge is 2.28. The topological polar surface area (TPSA) is 29.3 Å². The summed E-state index contributed by atoms with van der Waals surface area (Å²) in [7, 11) is 0. The molecule has 3 heteroatoms. The van der Waals surface area contributed by atoms with Gasteiger partial charge in [0.1, 0.15) is 0 Å². The van der Waals surface area contributed by atoms with E-state index in [4.69, 9.17) is 17.3 Å². The predicted octanol–water partition coefficient (Wildman–Crippen LogP) is 4.31. The molecule has 0 fully saturated rings. The lowest BCUT2D eigenvalue weighted by Crippen LogP contribution is -2.26. The van der Waals surface area contributed by atoms with Crippen molar-refractivity contribution in [1.29, 1.82) is 0 Å². The van der Waals surface area contributed by atoms with E-state index in [1.807, 2.05) is 13.0 Å². The first-order valence-electron chi connectivity index (χ1n) is 7.47. The number of halogens is 1. The largest absolute Gasteiger partial charge is 0.338 e. The van der Waals surface area contributed by atoms with Crippen LogP contribution in [-0.4, -0.2) is 12.1 Å². The minimum atomic E-state index is 0.137. The van der Waals surface area contributed by atoms with Crippen LogP contribution in [0.25, 0.3) is 0 Å². The van der Waals surface area contributed by atoms with Crippen LogP contribution in [0.5, 0.6) is 0 Å². The molecule has 0 aliphatic carbocycles. The van der Waals surface area contributed by atoms with Crippen molar-refractivity contribution in [2.45, 2.75) is 38.8 Å². The summed E-state index contributed by atoms with van der Waals surface area (Å²) in [6, 6.07) is 15.3. The van der Waals surface area contributed by atoms with E-state index < -0.39 is 0 Å². The molecule has 0 saturated carbocycles. The van der Waals surface area contributed by atoms with Gasteiger partial charge in [0.2, 0.25) is 0 Å². The van der Waals surface area contributed by atoms with Gasteiger partial charge in [-0.25, -0.2) is 0 Å². The Labute approximate surface area is 131 Å². The monoisotopic (exact) mass is 300 g/mol. The van der Waals surface area contributed by atoms with Crippen LogP contribution in [-0.2, 0) is 12.8 Å². The average molecular weight is 301 g/mol. The molecular weight excluding hydrogens is 280 g/mol. The van der Waals surface area contributed by atoms with Crippen LogP contribution in [0.1, 0.15) is 25.0 Å². The van der Waals surface area contributed by atoms with Gasteiger partial charge in [0.15, 0.2) is 0 Å². The summed E-state index contributed by atoms with van der Waals surface area (Å²) < 4.78 is 0. The highest BCUT2D eigenvalue weighted by molar-refractivity contribution is 6.30. The maximum Gasteiger partial charge on any atom is 0.0461 e. The van der Waals surface area contributed by atoms with Gasteiger partial charge in [-0.3, -0.25) is 0 Å². The van der Waals surface area contributed by atoms with Crippen molar-refractivity contribution in [1.82, 2.24) is 0 Å². The molecule has 21 heavy (non-hydrogen) atoms. The molecule has 0 saturated heterocycles. The Balaban J connectivity index is 2.09. The molecule has 0 radical (unpaired) electrons. The van der Waals surface area contributed by atoms with Gasteiger partial charge in [-0.1, -0.05) is 35.9 Å². The minimum absolute atomic E-state index is 0.137. The maximum absolute atomic E-state index is 6.25. The summed E-state index contributed by atoms with van der Waals surface area (Å²) in [5, 5.41) is 0.773. The van der Waals surface area contributed by atoms with Gasteiger partial charge in [0.05, 0.1) is 0 Å². The number of anilines is 2. The van der Waals surface area contributed by atoms with Crippen LogP contribution >= 0.6 is 11.6 Å². The Morgan fingerprint density at radius 2 is 2.00 bits per heavy atom. The van der Waals surface area contributed by atoms with Gasteiger partial charge in [-0.05, 0) is 56.0 Å². The first-order valence-corrected chi connectivity index (χ1v) is 7.85. The fraction of sp³-hybridized carbons (Fsp3) is 0.333. The normalized spacial score (nSPS) is 18.7. The van der Waals surface area contributed by atoms with E-state index in [2.05, 4.69) is 48.2 Å². The first kappa shape index (κ1) is 14.4. The van der Waals surface area contributed by atoms with E-state index in [-0.39, 0.29) is 6.04 Å². The van der Waals surface area contributed by atoms with Gasteiger partial charge >= 0.3 is 0 Å². The molecule has 1 aliphatic heterocycles. The second-order valence-corrected chi connectivity index (χ2v) is 6.44. The summed E-state index contributed by atoms with van der Waals surface area (Å²) in [6.07, 6.45) is 1.93. The van der Waals surface area contributed by atoms with Crippen LogP contribution in [0.3, 0.4) is 0 Å². The van der Waals surface area contributed by atoms with Crippen molar-refractivity contribution < 1.29 is 0 Å². The zero-order valence-electron chi connectivity index (χ0n) is 12.5. The third kappa shape index (κ3) is 2.78. The van der Waals surface area contributed by atoms with Gasteiger partial charge in [-0.15, -0.1) is 0 Å². The number of para-hydroxylation sites is 1. The van der Waals surface area contributed by atoms with E-state index >= 15 is 0 Å². The van der Waals surface area contributed by atoms with E-state index in [1.54, 1.807) is 0 Å². The number of benzene rings is 2. The van der Waals surface area contributed by atoms with Crippen LogP contribution in [0.4, 0.5) is 11.4 Å². The van der Waals surface area contributed by atoms with Crippen molar-refractivity contribution in [2.24, 2.45) is 5.73 Å². The molecule has 1 heterocycles. The molecule has 2 nitrogen and oxygen atoms in total.